The normalized spacial score (nSPS) is 17.8. The van der Waals surface area contributed by atoms with Gasteiger partial charge in [-0.15, -0.1) is 0 Å². The summed E-state index contributed by atoms with van der Waals surface area (Å²) in [7, 11) is 0. The molecule has 0 amide bonds. The highest BCUT2D eigenvalue weighted by molar-refractivity contribution is 14.1. The van der Waals surface area contributed by atoms with Crippen molar-refractivity contribution in [3.05, 3.63) is 21.7 Å². The average molecular weight is 307 g/mol. The largest absolute Gasteiger partial charge is 0.454 e. The molecule has 1 aromatic rings. The van der Waals surface area contributed by atoms with Crippen LogP contribution in [0.5, 0.6) is 0 Å². The molecular formula is C10H14INO2. The Morgan fingerprint density at radius 1 is 1.43 bits per heavy atom. The molecule has 0 atom stereocenters. The van der Waals surface area contributed by atoms with Crippen LogP contribution in [0.2, 0.25) is 0 Å². The number of halogens is 1. The van der Waals surface area contributed by atoms with Crippen LogP contribution in [0.25, 0.3) is 0 Å². The van der Waals surface area contributed by atoms with Gasteiger partial charge in [-0.3, -0.25) is 4.84 Å². The molecule has 0 spiro atoms. The van der Waals surface area contributed by atoms with Crippen molar-refractivity contribution in [2.45, 2.75) is 38.3 Å². The van der Waals surface area contributed by atoms with Crippen molar-refractivity contribution in [1.29, 1.82) is 0 Å². The zero-order chi connectivity index (χ0) is 9.80. The molecule has 1 aliphatic rings. The van der Waals surface area contributed by atoms with E-state index in [-0.39, 0.29) is 0 Å². The van der Waals surface area contributed by atoms with E-state index >= 15 is 0 Å². The standard InChI is InChI=1S/C10H14INO2/c11-10-6-5-9(13-10)7-12-14-8-3-1-2-4-8/h5-6,8,12H,1-4,7H2. The van der Waals surface area contributed by atoms with Crippen molar-refractivity contribution in [1.82, 2.24) is 5.48 Å². The van der Waals surface area contributed by atoms with Gasteiger partial charge in [0.05, 0.1) is 12.6 Å². The van der Waals surface area contributed by atoms with Crippen LogP contribution in [-0.2, 0) is 11.4 Å². The van der Waals surface area contributed by atoms with Crippen LogP contribution >= 0.6 is 22.6 Å². The summed E-state index contributed by atoms with van der Waals surface area (Å²) < 4.78 is 6.31. The monoisotopic (exact) mass is 307 g/mol. The number of hydrogen-bond donors (Lipinski definition) is 1. The van der Waals surface area contributed by atoms with Gasteiger partial charge in [0.15, 0.2) is 3.77 Å². The van der Waals surface area contributed by atoms with Crippen LogP contribution in [0.4, 0.5) is 0 Å². The molecule has 2 rings (SSSR count). The van der Waals surface area contributed by atoms with Crippen molar-refractivity contribution in [2.24, 2.45) is 0 Å². The summed E-state index contributed by atoms with van der Waals surface area (Å²) in [5.74, 6) is 0.924. The number of hydrogen-bond acceptors (Lipinski definition) is 3. The SMILES string of the molecule is Ic1ccc(CNOC2CCCC2)o1. The molecule has 1 aliphatic carbocycles. The summed E-state index contributed by atoms with van der Waals surface area (Å²) in [6, 6.07) is 3.92. The van der Waals surface area contributed by atoms with Crippen molar-refractivity contribution in [3.63, 3.8) is 0 Å². The third kappa shape index (κ3) is 2.96. The summed E-state index contributed by atoms with van der Waals surface area (Å²) in [5, 5.41) is 0. The van der Waals surface area contributed by atoms with Gasteiger partial charge in [0.25, 0.3) is 0 Å². The Morgan fingerprint density at radius 3 is 2.86 bits per heavy atom. The van der Waals surface area contributed by atoms with Gasteiger partial charge >= 0.3 is 0 Å². The van der Waals surface area contributed by atoms with Gasteiger partial charge in [-0.2, -0.15) is 5.48 Å². The van der Waals surface area contributed by atoms with E-state index in [0.29, 0.717) is 12.6 Å². The first-order valence-corrected chi connectivity index (χ1v) is 6.05. The molecule has 14 heavy (non-hydrogen) atoms. The van der Waals surface area contributed by atoms with E-state index in [0.717, 1.165) is 9.53 Å². The van der Waals surface area contributed by atoms with Crippen LogP contribution in [0, 0.1) is 3.77 Å². The fourth-order valence-electron chi connectivity index (χ4n) is 1.68. The Bertz CT molecular complexity index is 281. The zero-order valence-electron chi connectivity index (χ0n) is 7.96. The number of rotatable bonds is 4. The molecule has 0 bridgehead atoms. The predicted octanol–water partition coefficient (Wildman–Crippen LogP) is 2.85. The molecule has 0 saturated heterocycles. The van der Waals surface area contributed by atoms with E-state index in [1.807, 2.05) is 12.1 Å². The van der Waals surface area contributed by atoms with Crippen molar-refractivity contribution < 1.29 is 9.25 Å². The summed E-state index contributed by atoms with van der Waals surface area (Å²) >= 11 is 2.16. The summed E-state index contributed by atoms with van der Waals surface area (Å²) in [6.07, 6.45) is 5.37. The van der Waals surface area contributed by atoms with Crippen LogP contribution < -0.4 is 5.48 Å². The fraction of sp³-hybridized carbons (Fsp3) is 0.600. The first-order chi connectivity index (χ1) is 6.84. The highest BCUT2D eigenvalue weighted by Crippen LogP contribution is 2.20. The first-order valence-electron chi connectivity index (χ1n) is 4.97. The zero-order valence-corrected chi connectivity index (χ0v) is 10.1. The molecule has 1 N–H and O–H groups in total. The number of furan rings is 1. The molecular weight excluding hydrogens is 293 g/mol. The molecule has 3 nitrogen and oxygen atoms in total. The molecule has 1 heterocycles. The van der Waals surface area contributed by atoms with Gasteiger partial charge in [-0.05, 0) is 47.6 Å². The average Bonchev–Trinajstić information content (AvgIpc) is 2.77. The maximum absolute atomic E-state index is 5.50. The summed E-state index contributed by atoms with van der Waals surface area (Å²) in [4.78, 5) is 5.50. The minimum absolute atomic E-state index is 0.407. The molecule has 78 valence electrons. The van der Waals surface area contributed by atoms with Crippen molar-refractivity contribution in [2.75, 3.05) is 0 Å². The molecule has 0 aromatic carbocycles. The van der Waals surface area contributed by atoms with Crippen LogP contribution in [-0.4, -0.2) is 6.10 Å². The van der Waals surface area contributed by atoms with E-state index < -0.39 is 0 Å². The minimum Gasteiger partial charge on any atom is -0.454 e. The maximum Gasteiger partial charge on any atom is 0.164 e. The van der Waals surface area contributed by atoms with E-state index in [1.165, 1.54) is 25.7 Å². The number of hydroxylamine groups is 1. The predicted molar refractivity (Wildman–Crippen MR) is 61.6 cm³/mol. The van der Waals surface area contributed by atoms with Crippen molar-refractivity contribution in [3.8, 4) is 0 Å². The van der Waals surface area contributed by atoms with E-state index in [2.05, 4.69) is 28.1 Å². The molecule has 1 saturated carbocycles. The molecule has 1 aromatic heterocycles. The molecule has 0 aliphatic heterocycles. The third-order valence-corrected chi connectivity index (χ3v) is 3.01. The van der Waals surface area contributed by atoms with Gasteiger partial charge < -0.3 is 4.42 Å². The minimum atomic E-state index is 0.407. The highest BCUT2D eigenvalue weighted by Gasteiger charge is 2.15. The van der Waals surface area contributed by atoms with Crippen LogP contribution in [0.3, 0.4) is 0 Å². The summed E-state index contributed by atoms with van der Waals surface area (Å²) in [5.41, 5.74) is 2.96. The number of nitrogens with one attached hydrogen (secondary N) is 1. The Kier molecular flexibility index (Phi) is 3.83. The lowest BCUT2D eigenvalue weighted by Gasteiger charge is -2.10. The highest BCUT2D eigenvalue weighted by atomic mass is 127. The topological polar surface area (TPSA) is 34.4 Å². The van der Waals surface area contributed by atoms with Gasteiger partial charge in [-0.25, -0.2) is 0 Å². The van der Waals surface area contributed by atoms with Gasteiger partial charge in [-0.1, -0.05) is 12.8 Å². The van der Waals surface area contributed by atoms with Gasteiger partial charge in [0, 0.05) is 0 Å². The molecule has 0 unspecified atom stereocenters. The Hall–Kier alpha value is -0.0700. The lowest BCUT2D eigenvalue weighted by molar-refractivity contribution is -0.0269. The quantitative estimate of drug-likeness (QED) is 0.686. The Balaban J connectivity index is 1.67. The Labute approximate surface area is 97.3 Å². The van der Waals surface area contributed by atoms with Gasteiger partial charge in [0.1, 0.15) is 5.76 Å². The van der Waals surface area contributed by atoms with Crippen molar-refractivity contribution >= 4 is 22.6 Å². The maximum atomic E-state index is 5.50. The summed E-state index contributed by atoms with van der Waals surface area (Å²) in [6.45, 7) is 0.652. The molecule has 1 fully saturated rings. The fourth-order valence-corrected chi connectivity index (χ4v) is 2.15. The van der Waals surface area contributed by atoms with Crippen LogP contribution in [0.15, 0.2) is 16.5 Å². The first kappa shape index (κ1) is 10.4. The second-order valence-electron chi connectivity index (χ2n) is 3.55. The second kappa shape index (κ2) is 5.14. The Morgan fingerprint density at radius 2 is 2.21 bits per heavy atom. The van der Waals surface area contributed by atoms with Crippen LogP contribution in [0.1, 0.15) is 31.4 Å². The van der Waals surface area contributed by atoms with Gasteiger partial charge in [0.2, 0.25) is 0 Å². The lowest BCUT2D eigenvalue weighted by atomic mass is 10.3. The molecule has 0 radical (unpaired) electrons. The lowest BCUT2D eigenvalue weighted by Crippen LogP contribution is -2.20. The smallest absolute Gasteiger partial charge is 0.164 e. The molecule has 4 heteroatoms. The second-order valence-corrected chi connectivity index (χ2v) is 4.61. The van der Waals surface area contributed by atoms with E-state index in [1.54, 1.807) is 0 Å². The van der Waals surface area contributed by atoms with E-state index in [4.69, 9.17) is 9.25 Å². The third-order valence-electron chi connectivity index (χ3n) is 2.43. The van der Waals surface area contributed by atoms with E-state index in [9.17, 15) is 0 Å².